The Balaban J connectivity index is 1.61. The Labute approximate surface area is 107 Å². The van der Waals surface area contributed by atoms with Crippen LogP contribution in [-0.4, -0.2) is 11.7 Å². The Hall–Kier alpha value is -1.64. The van der Waals surface area contributed by atoms with Crippen molar-refractivity contribution >= 4 is 17.4 Å². The lowest BCUT2D eigenvalue weighted by Gasteiger charge is -2.12. The van der Waals surface area contributed by atoms with Gasteiger partial charge in [0.1, 0.15) is 0 Å². The lowest BCUT2D eigenvalue weighted by atomic mass is 10.0. The molecule has 2 aliphatic rings. The predicted octanol–water partition coefficient (Wildman–Crippen LogP) is 2.87. The van der Waals surface area contributed by atoms with Crippen molar-refractivity contribution in [1.82, 2.24) is 0 Å². The summed E-state index contributed by atoms with van der Waals surface area (Å²) in [6, 6.07) is 7.10. The minimum atomic E-state index is 0.0451. The summed E-state index contributed by atoms with van der Waals surface area (Å²) < 4.78 is 0. The van der Waals surface area contributed by atoms with E-state index >= 15 is 0 Å². The second kappa shape index (κ2) is 4.23. The maximum atomic E-state index is 12.0. The van der Waals surface area contributed by atoms with E-state index in [1.165, 1.54) is 6.42 Å². The molecule has 0 radical (unpaired) electrons. The highest BCUT2D eigenvalue weighted by Gasteiger charge is 2.47. The Morgan fingerprint density at radius 2 is 1.67 bits per heavy atom. The number of benzene rings is 1. The molecule has 2 atom stereocenters. The largest absolute Gasteiger partial charge is 0.326 e. The zero-order valence-electron chi connectivity index (χ0n) is 10.5. The fourth-order valence-corrected chi connectivity index (χ4v) is 2.96. The van der Waals surface area contributed by atoms with Crippen molar-refractivity contribution in [2.24, 2.45) is 17.8 Å². The Morgan fingerprint density at radius 1 is 1.06 bits per heavy atom. The molecule has 1 amide bonds. The number of ketones is 1. The second-order valence-corrected chi connectivity index (χ2v) is 5.55. The van der Waals surface area contributed by atoms with Crippen LogP contribution in [0.1, 0.15) is 36.5 Å². The fraction of sp³-hybridized carbons (Fsp3) is 0.467. The van der Waals surface area contributed by atoms with Gasteiger partial charge in [-0.2, -0.15) is 0 Å². The van der Waals surface area contributed by atoms with E-state index in [4.69, 9.17) is 0 Å². The number of hydrogen-bond donors (Lipinski definition) is 1. The highest BCUT2D eigenvalue weighted by atomic mass is 16.2. The molecule has 2 aliphatic carbocycles. The Bertz CT molecular complexity index is 482. The summed E-state index contributed by atoms with van der Waals surface area (Å²) in [5.74, 6) is 2.02. The third kappa shape index (κ3) is 2.17. The summed E-state index contributed by atoms with van der Waals surface area (Å²) in [4.78, 5) is 23.2. The summed E-state index contributed by atoms with van der Waals surface area (Å²) in [7, 11) is 0. The highest BCUT2D eigenvalue weighted by molar-refractivity contribution is 5.96. The monoisotopic (exact) mass is 243 g/mol. The second-order valence-electron chi connectivity index (χ2n) is 5.55. The Kier molecular flexibility index (Phi) is 2.69. The van der Waals surface area contributed by atoms with Crippen LogP contribution in [0, 0.1) is 17.8 Å². The molecule has 2 saturated carbocycles. The van der Waals surface area contributed by atoms with Gasteiger partial charge in [0.15, 0.2) is 5.78 Å². The smallest absolute Gasteiger partial charge is 0.227 e. The fourth-order valence-electron chi connectivity index (χ4n) is 2.96. The first-order chi connectivity index (χ1) is 8.63. The lowest BCUT2D eigenvalue weighted by Crippen LogP contribution is -2.21. The first-order valence-corrected chi connectivity index (χ1v) is 6.55. The Morgan fingerprint density at radius 3 is 2.22 bits per heavy atom. The predicted molar refractivity (Wildman–Crippen MR) is 69.4 cm³/mol. The molecule has 0 bridgehead atoms. The molecule has 0 aromatic heterocycles. The first-order valence-electron chi connectivity index (χ1n) is 6.55. The van der Waals surface area contributed by atoms with Gasteiger partial charge in [-0.25, -0.2) is 0 Å². The highest BCUT2D eigenvalue weighted by Crippen LogP contribution is 2.54. The number of nitrogens with one attached hydrogen (secondary N) is 1. The molecule has 1 N–H and O–H groups in total. The third-order valence-electron chi connectivity index (χ3n) is 4.17. The van der Waals surface area contributed by atoms with E-state index in [9.17, 15) is 9.59 Å². The van der Waals surface area contributed by atoms with Gasteiger partial charge in [0.2, 0.25) is 5.91 Å². The van der Waals surface area contributed by atoms with Crippen molar-refractivity contribution < 1.29 is 9.59 Å². The van der Waals surface area contributed by atoms with Gasteiger partial charge in [0, 0.05) is 17.2 Å². The summed E-state index contributed by atoms with van der Waals surface area (Å²) in [5.41, 5.74) is 1.46. The maximum absolute atomic E-state index is 12.0. The molecular weight excluding hydrogens is 226 g/mol. The van der Waals surface area contributed by atoms with Crippen molar-refractivity contribution in [1.29, 1.82) is 0 Å². The number of anilines is 1. The number of rotatable bonds is 3. The van der Waals surface area contributed by atoms with E-state index in [0.717, 1.165) is 30.4 Å². The van der Waals surface area contributed by atoms with Crippen LogP contribution in [0.3, 0.4) is 0 Å². The number of hydrogen-bond acceptors (Lipinski definition) is 2. The van der Waals surface area contributed by atoms with Crippen LogP contribution in [-0.2, 0) is 4.79 Å². The van der Waals surface area contributed by atoms with E-state index in [0.29, 0.717) is 5.56 Å². The summed E-state index contributed by atoms with van der Waals surface area (Å²) in [5, 5.41) is 2.94. The summed E-state index contributed by atoms with van der Waals surface area (Å²) in [6.07, 6.45) is 3.45. The number of carbonyl (C=O) groups excluding carboxylic acids is 2. The average molecular weight is 243 g/mol. The number of fused-ring (bicyclic) bond motifs is 1. The zero-order valence-corrected chi connectivity index (χ0v) is 10.5. The van der Waals surface area contributed by atoms with Crippen molar-refractivity contribution in [3.63, 3.8) is 0 Å². The van der Waals surface area contributed by atoms with Gasteiger partial charge in [-0.1, -0.05) is 0 Å². The first kappa shape index (κ1) is 11.5. The van der Waals surface area contributed by atoms with Crippen molar-refractivity contribution in [3.8, 4) is 0 Å². The lowest BCUT2D eigenvalue weighted by molar-refractivity contribution is -0.120. The number of carbonyl (C=O) groups is 2. The van der Waals surface area contributed by atoms with Gasteiger partial charge in [-0.05, 0) is 62.3 Å². The van der Waals surface area contributed by atoms with Crippen LogP contribution in [0.4, 0.5) is 5.69 Å². The molecule has 18 heavy (non-hydrogen) atoms. The van der Waals surface area contributed by atoms with Crippen molar-refractivity contribution in [2.45, 2.75) is 26.2 Å². The van der Waals surface area contributed by atoms with E-state index < -0.39 is 0 Å². The van der Waals surface area contributed by atoms with Gasteiger partial charge in [-0.15, -0.1) is 0 Å². The molecule has 2 fully saturated rings. The SMILES string of the molecule is CC(=O)c1ccc(NC(=O)C2CC3CC3C2)cc1. The molecule has 0 aliphatic heterocycles. The van der Waals surface area contributed by atoms with Gasteiger partial charge in [0.25, 0.3) is 0 Å². The van der Waals surface area contributed by atoms with Crippen LogP contribution in [0.25, 0.3) is 0 Å². The third-order valence-corrected chi connectivity index (χ3v) is 4.17. The van der Waals surface area contributed by atoms with Crippen LogP contribution < -0.4 is 5.32 Å². The van der Waals surface area contributed by atoms with E-state index in [1.54, 1.807) is 31.2 Å². The summed E-state index contributed by atoms with van der Waals surface area (Å²) in [6.45, 7) is 1.54. The van der Waals surface area contributed by atoms with Gasteiger partial charge < -0.3 is 5.32 Å². The average Bonchev–Trinajstić information content (AvgIpc) is 2.96. The molecule has 3 nitrogen and oxygen atoms in total. The van der Waals surface area contributed by atoms with Gasteiger partial charge in [-0.3, -0.25) is 9.59 Å². The molecule has 3 rings (SSSR count). The van der Waals surface area contributed by atoms with Crippen LogP contribution in [0.5, 0.6) is 0 Å². The molecule has 0 saturated heterocycles. The van der Waals surface area contributed by atoms with Crippen LogP contribution in [0.2, 0.25) is 0 Å². The van der Waals surface area contributed by atoms with Crippen molar-refractivity contribution in [3.05, 3.63) is 29.8 Å². The standard InChI is InChI=1S/C15H17NO2/c1-9(17)10-2-4-14(5-3-10)16-15(18)13-7-11-6-12(11)8-13/h2-5,11-13H,6-8H2,1H3,(H,16,18). The van der Waals surface area contributed by atoms with E-state index in [2.05, 4.69) is 5.32 Å². The molecule has 0 spiro atoms. The number of Topliss-reactive ketones (excluding diaryl/α,β-unsaturated/α-hetero) is 1. The quantitative estimate of drug-likeness (QED) is 0.830. The van der Waals surface area contributed by atoms with Crippen LogP contribution in [0.15, 0.2) is 24.3 Å². The normalized spacial score (nSPS) is 28.6. The molecular formula is C15H17NO2. The zero-order chi connectivity index (χ0) is 12.7. The molecule has 2 unspecified atom stereocenters. The molecule has 3 heteroatoms. The van der Waals surface area contributed by atoms with E-state index in [-0.39, 0.29) is 17.6 Å². The summed E-state index contributed by atoms with van der Waals surface area (Å²) >= 11 is 0. The van der Waals surface area contributed by atoms with Gasteiger partial charge >= 0.3 is 0 Å². The van der Waals surface area contributed by atoms with E-state index in [1.807, 2.05) is 0 Å². The maximum Gasteiger partial charge on any atom is 0.227 e. The number of amides is 1. The molecule has 94 valence electrons. The topological polar surface area (TPSA) is 46.2 Å². The molecule has 1 aromatic carbocycles. The van der Waals surface area contributed by atoms with Gasteiger partial charge in [0.05, 0.1) is 0 Å². The minimum Gasteiger partial charge on any atom is -0.326 e. The van der Waals surface area contributed by atoms with Crippen LogP contribution >= 0.6 is 0 Å². The molecule has 0 heterocycles. The van der Waals surface area contributed by atoms with Crippen molar-refractivity contribution in [2.75, 3.05) is 5.32 Å². The molecule has 1 aromatic rings. The minimum absolute atomic E-state index is 0.0451.